The van der Waals surface area contributed by atoms with Gasteiger partial charge in [0, 0.05) is 23.5 Å². The molecule has 88 valence electrons. The van der Waals surface area contributed by atoms with Crippen molar-refractivity contribution in [1.82, 2.24) is 9.97 Å². The van der Waals surface area contributed by atoms with Crippen molar-refractivity contribution >= 4 is 10.8 Å². The summed E-state index contributed by atoms with van der Waals surface area (Å²) in [5.41, 5.74) is 1.73. The number of benzene rings is 2. The highest BCUT2D eigenvalue weighted by atomic mass is 16.3. The first-order valence-corrected chi connectivity index (χ1v) is 5.78. The lowest BCUT2D eigenvalue weighted by molar-refractivity contribution is 0.281. The van der Waals surface area contributed by atoms with E-state index < -0.39 is 0 Å². The maximum atomic E-state index is 8.99. The second-order valence-corrected chi connectivity index (χ2v) is 4.10. The molecule has 1 heterocycles. The van der Waals surface area contributed by atoms with Crippen molar-refractivity contribution in [2.75, 3.05) is 0 Å². The predicted octanol–water partition coefficient (Wildman–Crippen LogP) is 2.79. The van der Waals surface area contributed by atoms with Crippen molar-refractivity contribution in [2.24, 2.45) is 0 Å². The lowest BCUT2D eigenvalue weighted by Gasteiger charge is -2.05. The monoisotopic (exact) mass is 236 g/mol. The molecule has 0 aliphatic carbocycles. The number of aromatic nitrogens is 2. The van der Waals surface area contributed by atoms with E-state index in [0.717, 1.165) is 16.5 Å². The Balaban J connectivity index is 2.18. The standard InChI is InChI=1S/C15H12N2O/c18-10-11-8-16-15(17-9-11)14-7-3-5-12-4-1-2-6-13(12)14/h1-9,18H,10H2. The first-order chi connectivity index (χ1) is 8.88. The molecule has 0 unspecified atom stereocenters. The molecule has 2 aromatic carbocycles. The summed E-state index contributed by atoms with van der Waals surface area (Å²) in [5, 5.41) is 11.3. The summed E-state index contributed by atoms with van der Waals surface area (Å²) in [4.78, 5) is 8.60. The first-order valence-electron chi connectivity index (χ1n) is 5.78. The van der Waals surface area contributed by atoms with Gasteiger partial charge in [-0.05, 0) is 10.8 Å². The Kier molecular flexibility index (Phi) is 2.74. The van der Waals surface area contributed by atoms with Crippen LogP contribution in [0.2, 0.25) is 0 Å². The molecule has 3 rings (SSSR count). The lowest BCUT2D eigenvalue weighted by Crippen LogP contribution is -1.92. The average molecular weight is 236 g/mol. The first kappa shape index (κ1) is 10.9. The van der Waals surface area contributed by atoms with Gasteiger partial charge in [-0.25, -0.2) is 9.97 Å². The number of hydrogen-bond acceptors (Lipinski definition) is 3. The highest BCUT2D eigenvalue weighted by Crippen LogP contribution is 2.25. The number of fused-ring (bicyclic) bond motifs is 1. The maximum Gasteiger partial charge on any atom is 0.159 e. The fraction of sp³-hybridized carbons (Fsp3) is 0.0667. The SMILES string of the molecule is OCc1cnc(-c2cccc3ccccc23)nc1. The van der Waals surface area contributed by atoms with Crippen LogP contribution in [0.4, 0.5) is 0 Å². The van der Waals surface area contributed by atoms with Gasteiger partial charge in [0.25, 0.3) is 0 Å². The molecule has 0 bridgehead atoms. The molecule has 0 saturated heterocycles. The summed E-state index contributed by atoms with van der Waals surface area (Å²) in [7, 11) is 0. The molecule has 0 saturated carbocycles. The van der Waals surface area contributed by atoms with Gasteiger partial charge in [0.15, 0.2) is 5.82 Å². The summed E-state index contributed by atoms with van der Waals surface area (Å²) in [5.74, 6) is 0.684. The molecule has 0 spiro atoms. The smallest absolute Gasteiger partial charge is 0.159 e. The molecule has 0 fully saturated rings. The third-order valence-corrected chi connectivity index (χ3v) is 2.92. The molecule has 3 nitrogen and oxygen atoms in total. The van der Waals surface area contributed by atoms with E-state index in [1.54, 1.807) is 12.4 Å². The molecule has 1 N–H and O–H groups in total. The second kappa shape index (κ2) is 4.55. The summed E-state index contributed by atoms with van der Waals surface area (Å²) in [6.45, 7) is -0.0319. The van der Waals surface area contributed by atoms with E-state index in [4.69, 9.17) is 5.11 Å². The zero-order valence-corrected chi connectivity index (χ0v) is 9.74. The summed E-state index contributed by atoms with van der Waals surface area (Å²) in [6, 6.07) is 14.2. The van der Waals surface area contributed by atoms with Crippen LogP contribution in [0.3, 0.4) is 0 Å². The Morgan fingerprint density at radius 3 is 2.39 bits per heavy atom. The number of rotatable bonds is 2. The molecule has 0 aliphatic rings. The third-order valence-electron chi connectivity index (χ3n) is 2.92. The second-order valence-electron chi connectivity index (χ2n) is 4.10. The zero-order valence-electron chi connectivity index (χ0n) is 9.74. The minimum absolute atomic E-state index is 0.0319. The number of nitrogens with zero attached hydrogens (tertiary/aromatic N) is 2. The Bertz CT molecular complexity index is 672. The van der Waals surface area contributed by atoms with Crippen molar-refractivity contribution < 1.29 is 5.11 Å². The largest absolute Gasteiger partial charge is 0.392 e. The molecule has 3 aromatic rings. The van der Waals surface area contributed by atoms with Crippen LogP contribution in [0.1, 0.15) is 5.56 Å². The topological polar surface area (TPSA) is 46.0 Å². The van der Waals surface area contributed by atoms with E-state index in [-0.39, 0.29) is 6.61 Å². The van der Waals surface area contributed by atoms with Gasteiger partial charge < -0.3 is 5.11 Å². The van der Waals surface area contributed by atoms with Crippen molar-refractivity contribution in [1.29, 1.82) is 0 Å². The van der Waals surface area contributed by atoms with Gasteiger partial charge in [0.1, 0.15) is 0 Å². The zero-order chi connectivity index (χ0) is 12.4. The van der Waals surface area contributed by atoms with Gasteiger partial charge in [-0.2, -0.15) is 0 Å². The lowest BCUT2D eigenvalue weighted by atomic mass is 10.0. The summed E-state index contributed by atoms with van der Waals surface area (Å²) < 4.78 is 0. The van der Waals surface area contributed by atoms with E-state index in [2.05, 4.69) is 28.2 Å². The normalized spacial score (nSPS) is 10.7. The fourth-order valence-corrected chi connectivity index (χ4v) is 2.00. The minimum Gasteiger partial charge on any atom is -0.392 e. The van der Waals surface area contributed by atoms with Crippen molar-refractivity contribution in [3.05, 3.63) is 60.4 Å². The Hall–Kier alpha value is -2.26. The molecule has 3 heteroatoms. The van der Waals surface area contributed by atoms with Crippen molar-refractivity contribution in [2.45, 2.75) is 6.61 Å². The highest BCUT2D eigenvalue weighted by molar-refractivity contribution is 5.94. The van der Waals surface area contributed by atoms with Crippen molar-refractivity contribution in [3.63, 3.8) is 0 Å². The Morgan fingerprint density at radius 1 is 0.889 bits per heavy atom. The van der Waals surface area contributed by atoms with E-state index in [1.165, 1.54) is 5.39 Å². The van der Waals surface area contributed by atoms with E-state index in [0.29, 0.717) is 5.82 Å². The molecule has 0 aliphatic heterocycles. The molecule has 18 heavy (non-hydrogen) atoms. The number of hydrogen-bond donors (Lipinski definition) is 1. The van der Waals surface area contributed by atoms with E-state index in [9.17, 15) is 0 Å². The van der Waals surface area contributed by atoms with Gasteiger partial charge in [-0.15, -0.1) is 0 Å². The quantitative estimate of drug-likeness (QED) is 0.744. The summed E-state index contributed by atoms with van der Waals surface area (Å²) >= 11 is 0. The molecular weight excluding hydrogens is 224 g/mol. The molecule has 0 radical (unpaired) electrons. The van der Waals surface area contributed by atoms with Gasteiger partial charge in [-0.1, -0.05) is 42.5 Å². The number of aliphatic hydroxyl groups excluding tert-OH is 1. The minimum atomic E-state index is -0.0319. The molecule has 1 aromatic heterocycles. The van der Waals surface area contributed by atoms with Crippen LogP contribution in [0, 0.1) is 0 Å². The fourth-order valence-electron chi connectivity index (χ4n) is 2.00. The molecule has 0 amide bonds. The van der Waals surface area contributed by atoms with Crippen LogP contribution in [0.5, 0.6) is 0 Å². The van der Waals surface area contributed by atoms with E-state index >= 15 is 0 Å². The van der Waals surface area contributed by atoms with E-state index in [1.807, 2.05) is 24.3 Å². The van der Waals surface area contributed by atoms with Crippen LogP contribution in [-0.2, 0) is 6.61 Å². The van der Waals surface area contributed by atoms with Crippen molar-refractivity contribution in [3.8, 4) is 11.4 Å². The maximum absolute atomic E-state index is 8.99. The van der Waals surface area contributed by atoms with Crippen LogP contribution in [-0.4, -0.2) is 15.1 Å². The number of aliphatic hydroxyl groups is 1. The van der Waals surface area contributed by atoms with Gasteiger partial charge >= 0.3 is 0 Å². The average Bonchev–Trinajstić information content (AvgIpc) is 2.47. The summed E-state index contributed by atoms with van der Waals surface area (Å²) in [6.07, 6.45) is 3.31. The van der Waals surface area contributed by atoms with Crippen LogP contribution in [0.25, 0.3) is 22.2 Å². The van der Waals surface area contributed by atoms with Gasteiger partial charge in [0.2, 0.25) is 0 Å². The molecular formula is C15H12N2O. The highest BCUT2D eigenvalue weighted by Gasteiger charge is 2.05. The Morgan fingerprint density at radius 2 is 1.61 bits per heavy atom. The Labute approximate surface area is 105 Å². The van der Waals surface area contributed by atoms with Gasteiger partial charge in [-0.3, -0.25) is 0 Å². The third kappa shape index (κ3) is 1.85. The predicted molar refractivity (Wildman–Crippen MR) is 70.9 cm³/mol. The van der Waals surface area contributed by atoms with Crippen LogP contribution < -0.4 is 0 Å². The van der Waals surface area contributed by atoms with Crippen LogP contribution in [0.15, 0.2) is 54.9 Å². The molecule has 0 atom stereocenters. The van der Waals surface area contributed by atoms with Gasteiger partial charge in [0.05, 0.1) is 6.61 Å². The van der Waals surface area contributed by atoms with Crippen LogP contribution >= 0.6 is 0 Å².